The monoisotopic (exact) mass is 377 g/mol. The number of carbonyl (C=O) groups excluding carboxylic acids is 2. The van der Waals surface area contributed by atoms with Crippen LogP contribution in [0.25, 0.3) is 0 Å². The molecule has 0 spiro atoms. The minimum absolute atomic E-state index is 0.296. The van der Waals surface area contributed by atoms with Crippen LogP contribution in [0.5, 0.6) is 5.75 Å². The molecule has 1 N–H and O–H groups in total. The number of hydrogen-bond donors (Lipinski definition) is 1. The van der Waals surface area contributed by atoms with Gasteiger partial charge in [0.2, 0.25) is 0 Å². The lowest BCUT2D eigenvalue weighted by Crippen LogP contribution is -2.21. The standard InChI is InChI=1S/C17H16BrNO4/c1-2-22-15-9-4-3-8-14(15)17(21)23-11-16(20)19-13-7-5-6-12(18)10-13/h3-10H,2,11H2,1H3,(H,19,20). The lowest BCUT2D eigenvalue weighted by Gasteiger charge is -2.10. The summed E-state index contributed by atoms with van der Waals surface area (Å²) in [6.07, 6.45) is 0. The molecule has 2 aromatic rings. The van der Waals surface area contributed by atoms with Crippen LogP contribution in [0.1, 0.15) is 17.3 Å². The molecule has 0 unspecified atom stereocenters. The highest BCUT2D eigenvalue weighted by atomic mass is 79.9. The SMILES string of the molecule is CCOc1ccccc1C(=O)OCC(=O)Nc1cccc(Br)c1. The number of halogens is 1. The quantitative estimate of drug-likeness (QED) is 0.780. The predicted molar refractivity (Wildman–Crippen MR) is 90.7 cm³/mol. The molecule has 5 nitrogen and oxygen atoms in total. The Bertz CT molecular complexity index is 702. The number of amides is 1. The van der Waals surface area contributed by atoms with Crippen LogP contribution >= 0.6 is 15.9 Å². The molecule has 0 heterocycles. The minimum Gasteiger partial charge on any atom is -0.493 e. The number of hydrogen-bond acceptors (Lipinski definition) is 4. The average Bonchev–Trinajstić information content (AvgIpc) is 2.53. The fraction of sp³-hybridized carbons (Fsp3) is 0.176. The maximum atomic E-state index is 12.1. The summed E-state index contributed by atoms with van der Waals surface area (Å²) in [5, 5.41) is 2.65. The van der Waals surface area contributed by atoms with E-state index in [0.29, 0.717) is 23.6 Å². The van der Waals surface area contributed by atoms with E-state index in [4.69, 9.17) is 9.47 Å². The normalized spacial score (nSPS) is 10.0. The molecule has 0 aliphatic carbocycles. The van der Waals surface area contributed by atoms with Crippen LogP contribution in [0.4, 0.5) is 5.69 Å². The van der Waals surface area contributed by atoms with Gasteiger partial charge in [0, 0.05) is 10.2 Å². The first kappa shape index (κ1) is 17.0. The molecule has 0 aliphatic rings. The summed E-state index contributed by atoms with van der Waals surface area (Å²) in [6, 6.07) is 13.9. The van der Waals surface area contributed by atoms with Crippen molar-refractivity contribution < 1.29 is 19.1 Å². The number of esters is 1. The van der Waals surface area contributed by atoms with Gasteiger partial charge in [-0.1, -0.05) is 34.1 Å². The van der Waals surface area contributed by atoms with Crippen LogP contribution < -0.4 is 10.1 Å². The summed E-state index contributed by atoms with van der Waals surface area (Å²) < 4.78 is 11.2. The number of benzene rings is 2. The van der Waals surface area contributed by atoms with Gasteiger partial charge in [-0.2, -0.15) is 0 Å². The molecule has 0 saturated heterocycles. The van der Waals surface area contributed by atoms with Gasteiger partial charge in [0.05, 0.1) is 6.61 Å². The Morgan fingerprint density at radius 3 is 2.65 bits per heavy atom. The van der Waals surface area contributed by atoms with Crippen LogP contribution in [-0.4, -0.2) is 25.1 Å². The van der Waals surface area contributed by atoms with E-state index in [1.54, 1.807) is 42.5 Å². The molecule has 120 valence electrons. The summed E-state index contributed by atoms with van der Waals surface area (Å²) in [6.45, 7) is 1.90. The van der Waals surface area contributed by atoms with E-state index < -0.39 is 11.9 Å². The van der Waals surface area contributed by atoms with Crippen LogP contribution in [-0.2, 0) is 9.53 Å². The van der Waals surface area contributed by atoms with E-state index >= 15 is 0 Å². The molecule has 0 fully saturated rings. The van der Waals surface area contributed by atoms with Crippen molar-refractivity contribution in [1.29, 1.82) is 0 Å². The van der Waals surface area contributed by atoms with Gasteiger partial charge in [-0.05, 0) is 37.3 Å². The summed E-state index contributed by atoms with van der Waals surface area (Å²) in [5.74, 6) is -0.573. The van der Waals surface area contributed by atoms with Gasteiger partial charge in [0.1, 0.15) is 11.3 Å². The van der Waals surface area contributed by atoms with E-state index in [-0.39, 0.29) is 6.61 Å². The van der Waals surface area contributed by atoms with Crippen molar-refractivity contribution in [1.82, 2.24) is 0 Å². The molecule has 0 saturated carbocycles. The first-order chi connectivity index (χ1) is 11.1. The molecule has 0 radical (unpaired) electrons. The third-order valence-corrected chi connectivity index (χ3v) is 3.34. The van der Waals surface area contributed by atoms with Gasteiger partial charge in [-0.15, -0.1) is 0 Å². The molecular formula is C17H16BrNO4. The van der Waals surface area contributed by atoms with Gasteiger partial charge < -0.3 is 14.8 Å². The predicted octanol–water partition coefficient (Wildman–Crippen LogP) is 3.64. The summed E-state index contributed by atoms with van der Waals surface area (Å²) in [4.78, 5) is 23.9. The summed E-state index contributed by atoms with van der Waals surface area (Å²) >= 11 is 3.32. The first-order valence-corrected chi connectivity index (χ1v) is 7.84. The van der Waals surface area contributed by atoms with E-state index in [1.165, 1.54) is 0 Å². The number of para-hydroxylation sites is 1. The van der Waals surface area contributed by atoms with Crippen molar-refractivity contribution in [3.63, 3.8) is 0 Å². The third-order valence-electron chi connectivity index (χ3n) is 2.85. The van der Waals surface area contributed by atoms with E-state index in [9.17, 15) is 9.59 Å². The smallest absolute Gasteiger partial charge is 0.342 e. The number of rotatable bonds is 6. The van der Waals surface area contributed by atoms with Crippen molar-refractivity contribution in [2.75, 3.05) is 18.5 Å². The Balaban J connectivity index is 1.92. The van der Waals surface area contributed by atoms with Gasteiger partial charge in [0.15, 0.2) is 6.61 Å². The van der Waals surface area contributed by atoms with E-state index in [1.807, 2.05) is 13.0 Å². The first-order valence-electron chi connectivity index (χ1n) is 7.04. The number of anilines is 1. The molecule has 1 amide bonds. The Morgan fingerprint density at radius 2 is 1.91 bits per heavy atom. The van der Waals surface area contributed by atoms with Crippen molar-refractivity contribution in [2.24, 2.45) is 0 Å². The molecule has 0 aliphatic heterocycles. The molecule has 0 bridgehead atoms. The number of ether oxygens (including phenoxy) is 2. The highest BCUT2D eigenvalue weighted by molar-refractivity contribution is 9.10. The maximum Gasteiger partial charge on any atom is 0.342 e. The fourth-order valence-corrected chi connectivity index (χ4v) is 2.29. The van der Waals surface area contributed by atoms with Gasteiger partial charge in [0.25, 0.3) is 5.91 Å². The maximum absolute atomic E-state index is 12.1. The van der Waals surface area contributed by atoms with Gasteiger partial charge >= 0.3 is 5.97 Å². The van der Waals surface area contributed by atoms with Gasteiger partial charge in [-0.3, -0.25) is 4.79 Å². The Hall–Kier alpha value is -2.34. The number of nitrogens with one attached hydrogen (secondary N) is 1. The third kappa shape index (κ3) is 5.10. The fourth-order valence-electron chi connectivity index (χ4n) is 1.89. The topological polar surface area (TPSA) is 64.6 Å². The Labute approximate surface area is 142 Å². The second-order valence-electron chi connectivity index (χ2n) is 4.56. The van der Waals surface area contributed by atoms with E-state index in [0.717, 1.165) is 4.47 Å². The van der Waals surface area contributed by atoms with Crippen molar-refractivity contribution >= 4 is 33.5 Å². The lowest BCUT2D eigenvalue weighted by atomic mass is 10.2. The summed E-state index contributed by atoms with van der Waals surface area (Å²) in [5.41, 5.74) is 0.916. The van der Waals surface area contributed by atoms with E-state index in [2.05, 4.69) is 21.2 Å². The van der Waals surface area contributed by atoms with Crippen LogP contribution in [0.2, 0.25) is 0 Å². The lowest BCUT2D eigenvalue weighted by molar-refractivity contribution is -0.119. The van der Waals surface area contributed by atoms with Crippen LogP contribution in [0.3, 0.4) is 0 Å². The average molecular weight is 378 g/mol. The van der Waals surface area contributed by atoms with Crippen molar-refractivity contribution in [3.05, 3.63) is 58.6 Å². The molecule has 2 aromatic carbocycles. The molecule has 23 heavy (non-hydrogen) atoms. The zero-order valence-electron chi connectivity index (χ0n) is 12.5. The Morgan fingerprint density at radius 1 is 1.13 bits per heavy atom. The van der Waals surface area contributed by atoms with Crippen LogP contribution in [0, 0.1) is 0 Å². The molecule has 0 atom stereocenters. The van der Waals surface area contributed by atoms with Crippen LogP contribution in [0.15, 0.2) is 53.0 Å². The molecule has 6 heteroatoms. The molecule has 2 rings (SSSR count). The second kappa shape index (κ2) is 8.33. The highest BCUT2D eigenvalue weighted by Gasteiger charge is 2.15. The molecular weight excluding hydrogens is 362 g/mol. The zero-order valence-corrected chi connectivity index (χ0v) is 14.1. The van der Waals surface area contributed by atoms with Gasteiger partial charge in [-0.25, -0.2) is 4.79 Å². The largest absolute Gasteiger partial charge is 0.493 e. The molecule has 0 aromatic heterocycles. The summed E-state index contributed by atoms with van der Waals surface area (Å²) in [7, 11) is 0. The Kier molecular flexibility index (Phi) is 6.17. The van der Waals surface area contributed by atoms with Crippen molar-refractivity contribution in [3.8, 4) is 5.75 Å². The zero-order chi connectivity index (χ0) is 16.7. The minimum atomic E-state index is -0.599. The second-order valence-corrected chi connectivity index (χ2v) is 5.48. The number of carbonyl (C=O) groups is 2. The van der Waals surface area contributed by atoms with Crippen molar-refractivity contribution in [2.45, 2.75) is 6.92 Å². The highest BCUT2D eigenvalue weighted by Crippen LogP contribution is 2.19.